The zero-order chi connectivity index (χ0) is 11.4. The van der Waals surface area contributed by atoms with Gasteiger partial charge in [-0.1, -0.05) is 36.4 Å². The second kappa shape index (κ2) is 4.90. The van der Waals surface area contributed by atoms with Crippen molar-refractivity contribution in [1.82, 2.24) is 0 Å². The van der Waals surface area contributed by atoms with E-state index >= 15 is 0 Å². The molecule has 1 heterocycles. The van der Waals surface area contributed by atoms with Gasteiger partial charge in [-0.15, -0.1) is 11.3 Å². The number of thiophene rings is 1. The molecular formula is C14H13NS. The standard InChI is InChI=1S/C14H13NS/c1-3-13(15-2)11-6-8-12(9-7-11)14-5-4-10-16-14/h3-10H,2H2,1H3. The molecule has 16 heavy (non-hydrogen) atoms. The van der Waals surface area contributed by atoms with E-state index in [9.17, 15) is 0 Å². The normalized spacial score (nSPS) is 11.4. The van der Waals surface area contributed by atoms with E-state index in [2.05, 4.69) is 53.5 Å². The van der Waals surface area contributed by atoms with Gasteiger partial charge in [-0.3, -0.25) is 4.99 Å². The highest BCUT2D eigenvalue weighted by Gasteiger charge is 2.00. The SMILES string of the molecule is C=NC(=CC)c1ccc(-c2cccs2)cc1. The largest absolute Gasteiger partial charge is 0.264 e. The van der Waals surface area contributed by atoms with Crippen molar-refractivity contribution in [1.29, 1.82) is 0 Å². The zero-order valence-electron chi connectivity index (χ0n) is 9.18. The van der Waals surface area contributed by atoms with Crippen LogP contribution < -0.4 is 0 Å². The van der Waals surface area contributed by atoms with Gasteiger partial charge >= 0.3 is 0 Å². The van der Waals surface area contributed by atoms with Gasteiger partial charge < -0.3 is 0 Å². The van der Waals surface area contributed by atoms with Crippen LogP contribution >= 0.6 is 11.3 Å². The average Bonchev–Trinajstić information content (AvgIpc) is 2.85. The second-order valence-corrected chi connectivity index (χ2v) is 4.33. The van der Waals surface area contributed by atoms with E-state index < -0.39 is 0 Å². The molecule has 0 fully saturated rings. The van der Waals surface area contributed by atoms with Gasteiger partial charge in [0.15, 0.2) is 0 Å². The summed E-state index contributed by atoms with van der Waals surface area (Å²) in [5.41, 5.74) is 3.29. The number of benzene rings is 1. The van der Waals surface area contributed by atoms with E-state index in [4.69, 9.17) is 0 Å². The molecule has 0 aliphatic carbocycles. The van der Waals surface area contributed by atoms with Crippen molar-refractivity contribution < 1.29 is 0 Å². The number of nitrogens with zero attached hydrogens (tertiary/aromatic N) is 1. The number of hydrogen-bond donors (Lipinski definition) is 0. The summed E-state index contributed by atoms with van der Waals surface area (Å²) in [7, 11) is 0. The summed E-state index contributed by atoms with van der Waals surface area (Å²) in [5.74, 6) is 0. The quantitative estimate of drug-likeness (QED) is 0.686. The van der Waals surface area contributed by atoms with Gasteiger partial charge in [0.2, 0.25) is 0 Å². The maximum atomic E-state index is 3.98. The molecule has 1 nitrogen and oxygen atoms in total. The Kier molecular flexibility index (Phi) is 3.32. The van der Waals surface area contributed by atoms with E-state index in [1.807, 2.05) is 13.0 Å². The van der Waals surface area contributed by atoms with Crippen LogP contribution in [0.3, 0.4) is 0 Å². The minimum Gasteiger partial charge on any atom is -0.264 e. The Morgan fingerprint density at radius 2 is 2.00 bits per heavy atom. The molecule has 0 radical (unpaired) electrons. The molecule has 2 rings (SSSR count). The summed E-state index contributed by atoms with van der Waals surface area (Å²) < 4.78 is 0. The molecule has 0 saturated carbocycles. The van der Waals surface area contributed by atoms with Gasteiger partial charge in [-0.05, 0) is 36.2 Å². The molecule has 1 aromatic carbocycles. The highest BCUT2D eigenvalue weighted by molar-refractivity contribution is 7.13. The summed E-state index contributed by atoms with van der Waals surface area (Å²) in [6.07, 6.45) is 1.97. The molecule has 2 heteroatoms. The zero-order valence-corrected chi connectivity index (χ0v) is 10.00. The Morgan fingerprint density at radius 1 is 1.25 bits per heavy atom. The van der Waals surface area contributed by atoms with E-state index in [0.717, 1.165) is 11.3 Å². The lowest BCUT2D eigenvalue weighted by atomic mass is 10.1. The number of allylic oxidation sites excluding steroid dienone is 1. The molecule has 0 aliphatic heterocycles. The lowest BCUT2D eigenvalue weighted by Crippen LogP contribution is -1.80. The van der Waals surface area contributed by atoms with Gasteiger partial charge in [0.25, 0.3) is 0 Å². The van der Waals surface area contributed by atoms with Crippen molar-refractivity contribution in [3.8, 4) is 10.4 Å². The lowest BCUT2D eigenvalue weighted by Gasteiger charge is -2.02. The van der Waals surface area contributed by atoms with Crippen molar-refractivity contribution in [3.63, 3.8) is 0 Å². The molecular weight excluding hydrogens is 214 g/mol. The molecule has 0 unspecified atom stereocenters. The maximum absolute atomic E-state index is 3.98. The van der Waals surface area contributed by atoms with Crippen LogP contribution in [0.5, 0.6) is 0 Å². The Morgan fingerprint density at radius 3 is 2.50 bits per heavy atom. The van der Waals surface area contributed by atoms with Crippen LogP contribution in [0.4, 0.5) is 0 Å². The van der Waals surface area contributed by atoms with Crippen molar-refractivity contribution in [3.05, 3.63) is 53.4 Å². The van der Waals surface area contributed by atoms with Gasteiger partial charge in [-0.25, -0.2) is 0 Å². The van der Waals surface area contributed by atoms with Crippen LogP contribution in [0.15, 0.2) is 52.8 Å². The minimum atomic E-state index is 0.928. The number of aliphatic imine (C=N–C) groups is 1. The summed E-state index contributed by atoms with van der Waals surface area (Å²) >= 11 is 1.75. The Labute approximate surface area is 99.8 Å². The Balaban J connectivity index is 2.33. The first-order chi connectivity index (χ1) is 7.85. The van der Waals surface area contributed by atoms with E-state index in [1.165, 1.54) is 10.4 Å². The van der Waals surface area contributed by atoms with Gasteiger partial charge in [0.05, 0.1) is 5.70 Å². The van der Waals surface area contributed by atoms with Crippen molar-refractivity contribution in [2.45, 2.75) is 6.92 Å². The Hall–Kier alpha value is -1.67. The van der Waals surface area contributed by atoms with E-state index in [0.29, 0.717) is 0 Å². The third-order valence-electron chi connectivity index (χ3n) is 2.43. The summed E-state index contributed by atoms with van der Waals surface area (Å²) in [4.78, 5) is 5.27. The first-order valence-electron chi connectivity index (χ1n) is 5.12. The fourth-order valence-electron chi connectivity index (χ4n) is 1.60. The van der Waals surface area contributed by atoms with Crippen LogP contribution in [0.2, 0.25) is 0 Å². The van der Waals surface area contributed by atoms with Crippen LogP contribution in [0, 0.1) is 0 Å². The average molecular weight is 227 g/mol. The molecule has 0 N–H and O–H groups in total. The fourth-order valence-corrected chi connectivity index (χ4v) is 2.33. The van der Waals surface area contributed by atoms with Crippen LogP contribution in [-0.4, -0.2) is 6.72 Å². The molecule has 1 aromatic heterocycles. The van der Waals surface area contributed by atoms with E-state index in [-0.39, 0.29) is 0 Å². The monoisotopic (exact) mass is 227 g/mol. The van der Waals surface area contributed by atoms with E-state index in [1.54, 1.807) is 11.3 Å². The molecule has 0 spiro atoms. The van der Waals surface area contributed by atoms with Crippen molar-refractivity contribution in [2.75, 3.05) is 0 Å². The van der Waals surface area contributed by atoms with Gasteiger partial charge in [-0.2, -0.15) is 0 Å². The topological polar surface area (TPSA) is 12.4 Å². The molecule has 0 amide bonds. The van der Waals surface area contributed by atoms with Crippen LogP contribution in [-0.2, 0) is 0 Å². The molecule has 0 aliphatic rings. The Bertz CT molecular complexity index is 492. The van der Waals surface area contributed by atoms with Crippen molar-refractivity contribution >= 4 is 23.8 Å². The molecule has 0 saturated heterocycles. The lowest BCUT2D eigenvalue weighted by molar-refractivity contribution is 1.50. The summed E-state index contributed by atoms with van der Waals surface area (Å²) in [6.45, 7) is 5.53. The molecule has 2 aromatic rings. The fraction of sp³-hybridized carbons (Fsp3) is 0.0714. The minimum absolute atomic E-state index is 0.928. The van der Waals surface area contributed by atoms with Crippen molar-refractivity contribution in [2.24, 2.45) is 4.99 Å². The predicted molar refractivity (Wildman–Crippen MR) is 73.0 cm³/mol. The number of rotatable bonds is 3. The van der Waals surface area contributed by atoms with Gasteiger partial charge in [0, 0.05) is 4.88 Å². The van der Waals surface area contributed by atoms with Crippen LogP contribution in [0.1, 0.15) is 12.5 Å². The number of hydrogen-bond acceptors (Lipinski definition) is 2. The van der Waals surface area contributed by atoms with Gasteiger partial charge in [0.1, 0.15) is 0 Å². The van der Waals surface area contributed by atoms with Crippen LogP contribution in [0.25, 0.3) is 16.1 Å². The third kappa shape index (κ3) is 2.12. The smallest absolute Gasteiger partial charge is 0.0652 e. The second-order valence-electron chi connectivity index (χ2n) is 3.39. The molecule has 0 bridgehead atoms. The molecule has 0 atom stereocenters. The molecule has 80 valence electrons. The first kappa shape index (κ1) is 10.8. The first-order valence-corrected chi connectivity index (χ1v) is 6.00. The summed E-state index contributed by atoms with van der Waals surface area (Å²) in [5, 5.41) is 2.09. The predicted octanol–water partition coefficient (Wildman–Crippen LogP) is 4.48. The maximum Gasteiger partial charge on any atom is 0.0652 e. The highest BCUT2D eigenvalue weighted by Crippen LogP contribution is 2.26. The summed E-state index contributed by atoms with van der Waals surface area (Å²) in [6, 6.07) is 12.6. The highest BCUT2D eigenvalue weighted by atomic mass is 32.1. The third-order valence-corrected chi connectivity index (χ3v) is 3.35.